The largest absolute Gasteiger partial charge is 0.512 e. The topological polar surface area (TPSA) is 63.3 Å². The molecule has 6 rings (SSSR count). The number of carbonyl (C=O) groups is 1. The zero-order valence-corrected chi connectivity index (χ0v) is 32.5. The number of carbonyl (C=O) groups excluding carboxylic acids is 1. The number of hydrogen-bond donors (Lipinski definition) is 1. The summed E-state index contributed by atoms with van der Waals surface area (Å²) in [5, 5.41) is 13.1. The van der Waals surface area contributed by atoms with Crippen LogP contribution in [0.1, 0.15) is 111 Å². The molecule has 0 unspecified atom stereocenters. The summed E-state index contributed by atoms with van der Waals surface area (Å²) >= 11 is 0. The summed E-state index contributed by atoms with van der Waals surface area (Å²) < 4.78 is 15.4. The van der Waals surface area contributed by atoms with E-state index in [4.69, 9.17) is 10.8 Å². The number of para-hydroxylation sites is 1. The van der Waals surface area contributed by atoms with Gasteiger partial charge in [0.2, 0.25) is 0 Å². The Morgan fingerprint density at radius 1 is 0.959 bits per heavy atom. The number of pyridine rings is 1. The SMILES string of the molecule is CCC(CC)C(=O)/C=C(\O)C(CC)CC.[2H]C1=C(c2cc3ccccc3o2)C(C)(C)c2c1ccnc2-c1[c-]c2ccccc2c(C(C)C)c1.[Ir]. The fourth-order valence-electron chi connectivity index (χ4n) is 6.94. The Kier molecular flexibility index (Phi) is 12.1. The minimum atomic E-state index is -0.443. The normalized spacial score (nSPS) is 14.3. The summed E-state index contributed by atoms with van der Waals surface area (Å²) in [6.07, 6.45) is 6.72. The summed E-state index contributed by atoms with van der Waals surface area (Å²) in [6, 6.07) is 26.8. The first-order valence-electron chi connectivity index (χ1n) is 18.1. The van der Waals surface area contributed by atoms with Gasteiger partial charge in [-0.25, -0.2) is 0 Å². The number of nitrogens with zero attached hydrogens (tertiary/aromatic N) is 1. The molecule has 0 aliphatic heterocycles. The number of hydrogen-bond acceptors (Lipinski definition) is 4. The molecule has 3 aromatic carbocycles. The Hall–Kier alpha value is -3.79. The van der Waals surface area contributed by atoms with Crippen molar-refractivity contribution < 1.29 is 35.8 Å². The Morgan fingerprint density at radius 3 is 2.27 bits per heavy atom. The molecule has 0 bridgehead atoms. The smallest absolute Gasteiger partial charge is 0.162 e. The molecule has 259 valence electrons. The third-order valence-corrected chi connectivity index (χ3v) is 9.90. The predicted octanol–water partition coefficient (Wildman–Crippen LogP) is 12.3. The quantitative estimate of drug-likeness (QED) is 0.0865. The Bertz CT molecular complexity index is 2000. The molecule has 0 amide bonds. The maximum Gasteiger partial charge on any atom is 0.162 e. The number of furan rings is 1. The summed E-state index contributed by atoms with van der Waals surface area (Å²) in [5.74, 6) is 1.67. The van der Waals surface area contributed by atoms with Crippen molar-refractivity contribution in [2.45, 2.75) is 92.4 Å². The van der Waals surface area contributed by atoms with Gasteiger partial charge in [-0.3, -0.25) is 9.78 Å². The van der Waals surface area contributed by atoms with Gasteiger partial charge in [-0.05, 0) is 67.0 Å². The van der Waals surface area contributed by atoms with Crippen molar-refractivity contribution in [2.75, 3.05) is 0 Å². The van der Waals surface area contributed by atoms with E-state index in [0.717, 1.165) is 75.8 Å². The summed E-state index contributed by atoms with van der Waals surface area (Å²) in [5.41, 5.74) is 6.44. The molecule has 5 aromatic rings. The molecule has 0 saturated heterocycles. The van der Waals surface area contributed by atoms with Gasteiger partial charge in [-0.1, -0.05) is 103 Å². The number of fused-ring (bicyclic) bond motifs is 3. The first kappa shape index (κ1) is 36.5. The van der Waals surface area contributed by atoms with Crippen molar-refractivity contribution in [1.29, 1.82) is 0 Å². The molecule has 2 aromatic heterocycles. The van der Waals surface area contributed by atoms with E-state index < -0.39 is 5.41 Å². The number of allylic oxidation sites excluding steroid dienone is 3. The van der Waals surface area contributed by atoms with Gasteiger partial charge in [0.05, 0.1) is 7.13 Å². The van der Waals surface area contributed by atoms with Crippen LogP contribution in [-0.4, -0.2) is 15.9 Å². The van der Waals surface area contributed by atoms with E-state index in [1.165, 1.54) is 17.0 Å². The predicted molar refractivity (Wildman–Crippen MR) is 201 cm³/mol. The zero-order valence-electron chi connectivity index (χ0n) is 31.1. The van der Waals surface area contributed by atoms with Gasteiger partial charge >= 0.3 is 0 Å². The molecular formula is C44H50IrNO3-. The van der Waals surface area contributed by atoms with Crippen molar-refractivity contribution in [3.8, 4) is 11.3 Å². The average molecular weight is 834 g/mol. The van der Waals surface area contributed by atoms with Crippen LogP contribution in [0.25, 0.3) is 44.6 Å². The number of aromatic nitrogens is 1. The summed E-state index contributed by atoms with van der Waals surface area (Å²) in [7, 11) is 0. The number of aliphatic hydroxyl groups excluding tert-OH is 1. The molecule has 0 saturated carbocycles. The third kappa shape index (κ3) is 7.84. The van der Waals surface area contributed by atoms with Crippen LogP contribution >= 0.6 is 0 Å². The maximum atomic E-state index is 11.7. The minimum Gasteiger partial charge on any atom is -0.512 e. The molecule has 49 heavy (non-hydrogen) atoms. The van der Waals surface area contributed by atoms with Gasteiger partial charge in [0, 0.05) is 66.3 Å². The molecule has 5 heteroatoms. The van der Waals surface area contributed by atoms with Crippen molar-refractivity contribution >= 4 is 39.2 Å². The fourth-order valence-corrected chi connectivity index (χ4v) is 6.94. The van der Waals surface area contributed by atoms with Crippen LogP contribution in [0.3, 0.4) is 0 Å². The second-order valence-corrected chi connectivity index (χ2v) is 13.7. The van der Waals surface area contributed by atoms with Crippen molar-refractivity contribution in [3.63, 3.8) is 0 Å². The van der Waals surface area contributed by atoms with Crippen molar-refractivity contribution in [2.24, 2.45) is 11.8 Å². The molecule has 1 aliphatic rings. The van der Waals surface area contributed by atoms with Gasteiger partial charge in [0.25, 0.3) is 0 Å². The van der Waals surface area contributed by atoms with E-state index in [1.807, 2.05) is 64.2 Å². The summed E-state index contributed by atoms with van der Waals surface area (Å²) in [4.78, 5) is 16.6. The van der Waals surface area contributed by atoms with Crippen LogP contribution in [0.2, 0.25) is 0 Å². The first-order chi connectivity index (χ1) is 23.5. The number of rotatable bonds is 10. The molecule has 2 heterocycles. The molecular weight excluding hydrogens is 783 g/mol. The fraction of sp³-hybridized carbons (Fsp3) is 0.364. The van der Waals surface area contributed by atoms with Crippen molar-refractivity contribution in [1.82, 2.24) is 4.98 Å². The third-order valence-electron chi connectivity index (χ3n) is 9.90. The van der Waals surface area contributed by atoms with Gasteiger partial charge in [0.1, 0.15) is 11.3 Å². The van der Waals surface area contributed by atoms with E-state index in [-0.39, 0.29) is 43.5 Å². The van der Waals surface area contributed by atoms with Gasteiger partial charge in [-0.2, -0.15) is 0 Å². The van der Waals surface area contributed by atoms with Gasteiger partial charge in [-0.15, -0.1) is 29.1 Å². The van der Waals surface area contributed by atoms with Crippen LogP contribution in [0, 0.1) is 17.9 Å². The van der Waals surface area contributed by atoms with E-state index >= 15 is 0 Å². The Morgan fingerprint density at radius 2 is 1.61 bits per heavy atom. The van der Waals surface area contributed by atoms with Crippen LogP contribution in [0.5, 0.6) is 0 Å². The van der Waals surface area contributed by atoms with Crippen LogP contribution in [0.4, 0.5) is 0 Å². The average Bonchev–Trinajstić information content (AvgIpc) is 3.60. The van der Waals surface area contributed by atoms with Gasteiger partial charge < -0.3 is 9.52 Å². The second kappa shape index (κ2) is 16.3. The molecule has 0 fully saturated rings. The van der Waals surface area contributed by atoms with E-state index in [1.54, 1.807) is 0 Å². The molecule has 1 radical (unpaired) electrons. The van der Waals surface area contributed by atoms with Crippen molar-refractivity contribution in [3.05, 3.63) is 113 Å². The standard InChI is InChI=1S/C31H26NO.C13H24O2.Ir/c1-19(2)25-16-23(15-20-9-5-7-11-24(20)25)30-29-22(13-14-32-30)17-26(31(29,3)4)28-18-21-10-6-8-12-27(21)33-28;1-5-10(6-2)12(14)9-13(15)11(7-3)8-4;/h5-14,16-19H,1-4H3;9-11,14H,5-8H2,1-4H3;/q-1;;/b;12-9-;/i17D;;. The monoisotopic (exact) mass is 834 g/mol. The van der Waals surface area contributed by atoms with Crippen LogP contribution in [-0.2, 0) is 30.3 Å². The minimum absolute atomic E-state index is 0. The first-order valence-corrected chi connectivity index (χ1v) is 17.6. The zero-order chi connectivity index (χ0) is 35.5. The second-order valence-electron chi connectivity index (χ2n) is 13.7. The molecule has 1 aliphatic carbocycles. The van der Waals surface area contributed by atoms with E-state index in [9.17, 15) is 9.90 Å². The van der Waals surface area contributed by atoms with E-state index in [0.29, 0.717) is 12.0 Å². The molecule has 0 spiro atoms. The maximum absolute atomic E-state index is 11.7. The van der Waals surface area contributed by atoms with Crippen LogP contribution < -0.4 is 0 Å². The van der Waals surface area contributed by atoms with Gasteiger partial charge in [0.15, 0.2) is 5.78 Å². The van der Waals surface area contributed by atoms with Crippen LogP contribution in [0.15, 0.2) is 89.2 Å². The molecule has 0 atom stereocenters. The molecule has 4 nitrogen and oxygen atoms in total. The number of aliphatic hydroxyl groups is 1. The Labute approximate surface area is 307 Å². The Balaban J connectivity index is 0.000000301. The van der Waals surface area contributed by atoms with E-state index in [2.05, 4.69) is 70.2 Å². The number of benzene rings is 3. The molecule has 1 N–H and O–H groups in total. The summed E-state index contributed by atoms with van der Waals surface area (Å²) in [6.45, 7) is 16.9. The number of ketones is 1.